The van der Waals surface area contributed by atoms with E-state index < -0.39 is 0 Å². The van der Waals surface area contributed by atoms with Crippen LogP contribution in [0.25, 0.3) is 10.9 Å². The number of hydrogen-bond donors (Lipinski definition) is 2. The molecule has 0 aliphatic rings. The number of rotatable bonds is 3. The maximum absolute atomic E-state index is 4.44. The minimum atomic E-state index is -0.124. The molecule has 0 amide bonds. The van der Waals surface area contributed by atoms with Gasteiger partial charge in [0, 0.05) is 17.1 Å². The van der Waals surface area contributed by atoms with Crippen molar-refractivity contribution in [2.75, 3.05) is 10.6 Å². The lowest BCUT2D eigenvalue weighted by Gasteiger charge is -2.20. The minimum Gasteiger partial charge on any atom is -0.348 e. The summed E-state index contributed by atoms with van der Waals surface area (Å²) in [7, 11) is 0. The van der Waals surface area contributed by atoms with Crippen molar-refractivity contribution in [3.63, 3.8) is 0 Å². The van der Waals surface area contributed by atoms with Crippen LogP contribution < -0.4 is 10.6 Å². The lowest BCUT2D eigenvalue weighted by Crippen LogP contribution is -2.27. The van der Waals surface area contributed by atoms with Gasteiger partial charge >= 0.3 is 0 Å². The predicted octanol–water partition coefficient (Wildman–Crippen LogP) is 3.37. The summed E-state index contributed by atoms with van der Waals surface area (Å²) >= 11 is 0. The van der Waals surface area contributed by atoms with Gasteiger partial charge in [-0.1, -0.05) is 18.2 Å². The van der Waals surface area contributed by atoms with Crippen LogP contribution in [0.1, 0.15) is 20.8 Å². The van der Waals surface area contributed by atoms with Crippen molar-refractivity contribution < 1.29 is 0 Å². The van der Waals surface area contributed by atoms with Crippen molar-refractivity contribution in [3.8, 4) is 0 Å². The lowest BCUT2D eigenvalue weighted by atomic mass is 10.1. The van der Waals surface area contributed by atoms with E-state index in [1.807, 2.05) is 51.1 Å². The number of fused-ring (bicyclic) bond motifs is 1. The van der Waals surface area contributed by atoms with Crippen molar-refractivity contribution in [1.82, 2.24) is 20.2 Å². The predicted molar refractivity (Wildman–Crippen MR) is 88.2 cm³/mol. The molecule has 0 aliphatic heterocycles. The quantitative estimate of drug-likeness (QED) is 0.771. The molecule has 6 heteroatoms. The number of benzene rings is 1. The Morgan fingerprint density at radius 2 is 1.86 bits per heavy atom. The van der Waals surface area contributed by atoms with Crippen LogP contribution in [0.4, 0.5) is 17.5 Å². The zero-order valence-electron chi connectivity index (χ0n) is 12.8. The van der Waals surface area contributed by atoms with Gasteiger partial charge in [-0.25, -0.2) is 0 Å². The Hall–Kier alpha value is -2.76. The SMILES string of the molecule is CC(C)(C)Nc1nncc(Nc2cccc3cccnc23)n1. The van der Waals surface area contributed by atoms with E-state index in [9.17, 15) is 0 Å². The molecule has 0 saturated carbocycles. The van der Waals surface area contributed by atoms with Gasteiger partial charge in [-0.2, -0.15) is 10.1 Å². The van der Waals surface area contributed by atoms with Gasteiger partial charge in [-0.3, -0.25) is 4.98 Å². The summed E-state index contributed by atoms with van der Waals surface area (Å²) in [5, 5.41) is 15.5. The Kier molecular flexibility index (Phi) is 3.58. The highest BCUT2D eigenvalue weighted by Crippen LogP contribution is 2.23. The monoisotopic (exact) mass is 294 g/mol. The Morgan fingerprint density at radius 3 is 2.68 bits per heavy atom. The molecule has 0 atom stereocenters. The average molecular weight is 294 g/mol. The molecule has 0 aliphatic carbocycles. The van der Waals surface area contributed by atoms with Gasteiger partial charge in [-0.15, -0.1) is 5.10 Å². The van der Waals surface area contributed by atoms with Crippen LogP contribution >= 0.6 is 0 Å². The Balaban J connectivity index is 1.91. The highest BCUT2D eigenvalue weighted by atomic mass is 15.3. The molecular weight excluding hydrogens is 276 g/mol. The molecule has 22 heavy (non-hydrogen) atoms. The van der Waals surface area contributed by atoms with Crippen molar-refractivity contribution in [2.24, 2.45) is 0 Å². The number of pyridine rings is 1. The standard InChI is InChI=1S/C16H18N6/c1-16(2,3)21-15-20-13(10-18-22-15)19-12-8-4-6-11-7-5-9-17-14(11)12/h4-10H,1-3H3,(H2,19,20,21,22). The van der Waals surface area contributed by atoms with Gasteiger partial charge in [0.05, 0.1) is 17.4 Å². The van der Waals surface area contributed by atoms with Crippen LogP contribution in [0.3, 0.4) is 0 Å². The number of para-hydroxylation sites is 1. The Bertz CT molecular complexity index is 788. The van der Waals surface area contributed by atoms with E-state index >= 15 is 0 Å². The first-order chi connectivity index (χ1) is 10.5. The third-order valence-corrected chi connectivity index (χ3v) is 2.94. The Morgan fingerprint density at radius 1 is 1.05 bits per heavy atom. The summed E-state index contributed by atoms with van der Waals surface area (Å²) < 4.78 is 0. The van der Waals surface area contributed by atoms with Crippen LogP contribution in [0.5, 0.6) is 0 Å². The topological polar surface area (TPSA) is 75.6 Å². The van der Waals surface area contributed by atoms with Crippen LogP contribution in [-0.4, -0.2) is 25.7 Å². The van der Waals surface area contributed by atoms with Crippen LogP contribution in [-0.2, 0) is 0 Å². The molecule has 2 aromatic heterocycles. The van der Waals surface area contributed by atoms with E-state index in [4.69, 9.17) is 0 Å². The summed E-state index contributed by atoms with van der Waals surface area (Å²) in [4.78, 5) is 8.85. The van der Waals surface area contributed by atoms with Gasteiger partial charge in [0.15, 0.2) is 5.82 Å². The molecule has 112 valence electrons. The summed E-state index contributed by atoms with van der Waals surface area (Å²) in [5.41, 5.74) is 1.66. The molecule has 3 rings (SSSR count). The molecule has 6 nitrogen and oxygen atoms in total. The molecule has 0 fully saturated rings. The highest BCUT2D eigenvalue weighted by Gasteiger charge is 2.12. The molecule has 1 aromatic carbocycles. The van der Waals surface area contributed by atoms with Crippen molar-refractivity contribution in [1.29, 1.82) is 0 Å². The van der Waals surface area contributed by atoms with E-state index in [0.717, 1.165) is 16.6 Å². The molecule has 0 saturated heterocycles. The van der Waals surface area contributed by atoms with Crippen molar-refractivity contribution >= 4 is 28.4 Å². The zero-order chi connectivity index (χ0) is 15.6. The molecule has 2 heterocycles. The zero-order valence-corrected chi connectivity index (χ0v) is 12.8. The van der Waals surface area contributed by atoms with Gasteiger partial charge in [-0.05, 0) is 32.9 Å². The number of anilines is 3. The highest BCUT2D eigenvalue weighted by molar-refractivity contribution is 5.91. The van der Waals surface area contributed by atoms with Gasteiger partial charge in [0.25, 0.3) is 0 Å². The molecule has 3 aromatic rings. The van der Waals surface area contributed by atoms with Gasteiger partial charge in [0.2, 0.25) is 5.95 Å². The molecule has 0 radical (unpaired) electrons. The minimum absolute atomic E-state index is 0.124. The first-order valence-electron chi connectivity index (χ1n) is 7.10. The van der Waals surface area contributed by atoms with Crippen LogP contribution in [0.2, 0.25) is 0 Å². The van der Waals surface area contributed by atoms with Crippen LogP contribution in [0, 0.1) is 0 Å². The first kappa shape index (κ1) is 14.2. The fourth-order valence-electron chi connectivity index (χ4n) is 2.10. The molecular formula is C16H18N6. The summed E-state index contributed by atoms with van der Waals surface area (Å²) in [6, 6.07) is 9.92. The number of nitrogens with zero attached hydrogens (tertiary/aromatic N) is 4. The van der Waals surface area contributed by atoms with E-state index in [-0.39, 0.29) is 5.54 Å². The maximum atomic E-state index is 4.44. The molecule has 2 N–H and O–H groups in total. The molecule has 0 unspecified atom stereocenters. The van der Waals surface area contributed by atoms with E-state index in [1.54, 1.807) is 12.4 Å². The van der Waals surface area contributed by atoms with E-state index in [2.05, 4.69) is 30.8 Å². The number of aromatic nitrogens is 4. The average Bonchev–Trinajstić information content (AvgIpc) is 2.46. The fourth-order valence-corrected chi connectivity index (χ4v) is 2.10. The maximum Gasteiger partial charge on any atom is 0.245 e. The lowest BCUT2D eigenvalue weighted by molar-refractivity contribution is 0.623. The van der Waals surface area contributed by atoms with E-state index in [0.29, 0.717) is 11.8 Å². The fraction of sp³-hybridized carbons (Fsp3) is 0.250. The van der Waals surface area contributed by atoms with Crippen molar-refractivity contribution in [3.05, 3.63) is 42.7 Å². The van der Waals surface area contributed by atoms with E-state index in [1.165, 1.54) is 0 Å². The van der Waals surface area contributed by atoms with Crippen molar-refractivity contribution in [2.45, 2.75) is 26.3 Å². The summed E-state index contributed by atoms with van der Waals surface area (Å²) in [6.07, 6.45) is 3.37. The first-order valence-corrected chi connectivity index (χ1v) is 7.10. The molecule has 0 spiro atoms. The summed E-state index contributed by atoms with van der Waals surface area (Å²) in [5.74, 6) is 1.12. The second-order valence-corrected chi connectivity index (χ2v) is 6.05. The smallest absolute Gasteiger partial charge is 0.245 e. The summed E-state index contributed by atoms with van der Waals surface area (Å²) in [6.45, 7) is 6.14. The number of nitrogens with one attached hydrogen (secondary N) is 2. The third kappa shape index (κ3) is 3.28. The molecule has 0 bridgehead atoms. The second-order valence-electron chi connectivity index (χ2n) is 6.05. The van der Waals surface area contributed by atoms with Gasteiger partial charge < -0.3 is 10.6 Å². The third-order valence-electron chi connectivity index (χ3n) is 2.94. The normalized spacial score (nSPS) is 11.4. The Labute approximate surface area is 129 Å². The number of hydrogen-bond acceptors (Lipinski definition) is 6. The van der Waals surface area contributed by atoms with Crippen LogP contribution in [0.15, 0.2) is 42.7 Å². The largest absolute Gasteiger partial charge is 0.348 e. The van der Waals surface area contributed by atoms with Gasteiger partial charge in [0.1, 0.15) is 0 Å². The second kappa shape index (κ2) is 5.55.